The fraction of sp³-hybridized carbons (Fsp3) is 0.292. The molecule has 0 aliphatic carbocycles. The normalized spacial score (nSPS) is 16.5. The minimum atomic E-state index is 0.142. The summed E-state index contributed by atoms with van der Waals surface area (Å²) in [4.78, 5) is 5.91. The summed E-state index contributed by atoms with van der Waals surface area (Å²) < 4.78 is 13.5. The van der Waals surface area contributed by atoms with E-state index in [0.29, 0.717) is 5.02 Å². The van der Waals surface area contributed by atoms with Crippen LogP contribution in [-0.4, -0.2) is 23.3 Å². The molecule has 0 radical (unpaired) electrons. The van der Waals surface area contributed by atoms with Gasteiger partial charge < -0.3 is 19.4 Å². The van der Waals surface area contributed by atoms with E-state index in [1.165, 1.54) is 17.3 Å². The van der Waals surface area contributed by atoms with E-state index in [0.717, 1.165) is 52.2 Å². The SMILES string of the molecule is COc1ccc(-c2nc(Nc3ccc4c(ccn4C4CCCCO4)c3)sc2C)c(Cl)c1. The van der Waals surface area contributed by atoms with Crippen LogP contribution in [0.4, 0.5) is 10.8 Å². The first-order valence-electron chi connectivity index (χ1n) is 10.4. The standard InChI is InChI=1S/C24H24ClN3O2S/c1-15-23(19-8-7-18(29-2)14-20(19)25)27-24(31-15)26-17-6-9-21-16(13-17)10-11-28(21)22-5-3-4-12-30-22/h6-11,13-14,22H,3-5,12H2,1-2H3,(H,26,27). The van der Waals surface area contributed by atoms with Gasteiger partial charge in [-0.05, 0) is 68.7 Å². The third-order valence-electron chi connectivity index (χ3n) is 5.67. The Hall–Kier alpha value is -2.54. The van der Waals surface area contributed by atoms with E-state index in [2.05, 4.69) is 47.3 Å². The number of ether oxygens (including phenoxy) is 2. The predicted octanol–water partition coefficient (Wildman–Crippen LogP) is 7.18. The number of aryl methyl sites for hydroxylation is 1. The Morgan fingerprint density at radius 2 is 2.10 bits per heavy atom. The molecule has 1 aliphatic rings. The molecule has 2 aromatic heterocycles. The van der Waals surface area contributed by atoms with E-state index in [4.69, 9.17) is 26.1 Å². The van der Waals surface area contributed by atoms with Crippen molar-refractivity contribution in [2.24, 2.45) is 0 Å². The van der Waals surface area contributed by atoms with Gasteiger partial charge in [0.1, 0.15) is 12.0 Å². The van der Waals surface area contributed by atoms with Gasteiger partial charge in [-0.2, -0.15) is 0 Å². The number of nitrogens with zero attached hydrogens (tertiary/aromatic N) is 2. The Balaban J connectivity index is 1.39. The van der Waals surface area contributed by atoms with Crippen LogP contribution in [-0.2, 0) is 4.74 Å². The van der Waals surface area contributed by atoms with Crippen molar-refractivity contribution in [3.63, 3.8) is 0 Å². The van der Waals surface area contributed by atoms with Gasteiger partial charge in [0, 0.05) is 34.3 Å². The number of anilines is 2. The molecular weight excluding hydrogens is 430 g/mol. The molecule has 5 rings (SSSR count). The molecular formula is C24H24ClN3O2S. The van der Waals surface area contributed by atoms with Crippen LogP contribution in [0.15, 0.2) is 48.7 Å². The molecule has 0 bridgehead atoms. The summed E-state index contributed by atoms with van der Waals surface area (Å²) >= 11 is 8.09. The van der Waals surface area contributed by atoms with Gasteiger partial charge in [0.15, 0.2) is 5.13 Å². The van der Waals surface area contributed by atoms with Crippen molar-refractivity contribution in [3.05, 3.63) is 58.6 Å². The second kappa shape index (κ2) is 8.54. The van der Waals surface area contributed by atoms with Gasteiger partial charge in [0.05, 0.1) is 23.3 Å². The molecule has 0 saturated carbocycles. The lowest BCUT2D eigenvalue weighted by atomic mass is 10.1. The monoisotopic (exact) mass is 453 g/mol. The molecule has 1 unspecified atom stereocenters. The minimum Gasteiger partial charge on any atom is -0.497 e. The number of halogens is 1. The van der Waals surface area contributed by atoms with Crippen LogP contribution in [0.1, 0.15) is 30.4 Å². The zero-order chi connectivity index (χ0) is 21.4. The molecule has 3 heterocycles. The molecule has 31 heavy (non-hydrogen) atoms. The van der Waals surface area contributed by atoms with Crippen LogP contribution in [0.2, 0.25) is 5.02 Å². The van der Waals surface area contributed by atoms with Crippen LogP contribution >= 0.6 is 22.9 Å². The molecule has 1 N–H and O–H groups in total. The topological polar surface area (TPSA) is 48.3 Å². The third-order valence-corrected chi connectivity index (χ3v) is 6.86. The summed E-state index contributed by atoms with van der Waals surface area (Å²) in [7, 11) is 1.63. The van der Waals surface area contributed by atoms with Crippen molar-refractivity contribution in [1.29, 1.82) is 0 Å². The summed E-state index contributed by atoms with van der Waals surface area (Å²) in [6, 6.07) is 14.2. The van der Waals surface area contributed by atoms with Gasteiger partial charge in [0.25, 0.3) is 0 Å². The summed E-state index contributed by atoms with van der Waals surface area (Å²) in [5.41, 5.74) is 4.00. The molecule has 5 nitrogen and oxygen atoms in total. The van der Waals surface area contributed by atoms with Gasteiger partial charge in [-0.1, -0.05) is 11.6 Å². The summed E-state index contributed by atoms with van der Waals surface area (Å²) in [6.45, 7) is 2.90. The van der Waals surface area contributed by atoms with Crippen LogP contribution in [0, 0.1) is 6.92 Å². The first-order chi connectivity index (χ1) is 15.1. The summed E-state index contributed by atoms with van der Waals surface area (Å²) in [6.07, 6.45) is 5.71. The Bertz CT molecular complexity index is 1230. The quantitative estimate of drug-likeness (QED) is 0.347. The highest BCUT2D eigenvalue weighted by Crippen LogP contribution is 2.37. The Morgan fingerprint density at radius 3 is 2.87 bits per heavy atom. The minimum absolute atomic E-state index is 0.142. The molecule has 1 saturated heterocycles. The number of benzene rings is 2. The van der Waals surface area contributed by atoms with E-state index in [1.807, 2.05) is 18.2 Å². The second-order valence-corrected chi connectivity index (χ2v) is 9.32. The average Bonchev–Trinajstić information content (AvgIpc) is 3.37. The van der Waals surface area contributed by atoms with Crippen LogP contribution < -0.4 is 10.1 Å². The highest BCUT2D eigenvalue weighted by molar-refractivity contribution is 7.16. The van der Waals surface area contributed by atoms with Crippen molar-refractivity contribution in [2.45, 2.75) is 32.4 Å². The molecule has 2 aromatic carbocycles. The van der Waals surface area contributed by atoms with E-state index in [-0.39, 0.29) is 6.23 Å². The van der Waals surface area contributed by atoms with E-state index in [9.17, 15) is 0 Å². The maximum atomic E-state index is 6.47. The molecule has 160 valence electrons. The largest absolute Gasteiger partial charge is 0.497 e. The molecule has 4 aromatic rings. The third kappa shape index (κ3) is 4.03. The van der Waals surface area contributed by atoms with Gasteiger partial charge >= 0.3 is 0 Å². The van der Waals surface area contributed by atoms with Crippen LogP contribution in [0.3, 0.4) is 0 Å². The van der Waals surface area contributed by atoms with E-state index >= 15 is 0 Å². The number of hydrogen-bond donors (Lipinski definition) is 1. The Morgan fingerprint density at radius 1 is 1.19 bits per heavy atom. The first kappa shape index (κ1) is 20.4. The predicted molar refractivity (Wildman–Crippen MR) is 128 cm³/mol. The fourth-order valence-electron chi connectivity index (χ4n) is 4.07. The average molecular weight is 454 g/mol. The number of methoxy groups -OCH3 is 1. The number of aromatic nitrogens is 2. The molecule has 0 spiro atoms. The highest BCUT2D eigenvalue weighted by Gasteiger charge is 2.18. The Labute approximate surface area is 190 Å². The number of rotatable bonds is 5. The second-order valence-electron chi connectivity index (χ2n) is 7.71. The van der Waals surface area contributed by atoms with Gasteiger partial charge in [-0.15, -0.1) is 11.3 Å². The number of fused-ring (bicyclic) bond motifs is 1. The van der Waals surface area contributed by atoms with Crippen molar-refractivity contribution in [2.75, 3.05) is 19.0 Å². The number of thiazole rings is 1. The number of hydrogen-bond acceptors (Lipinski definition) is 5. The lowest BCUT2D eigenvalue weighted by Crippen LogP contribution is -2.17. The zero-order valence-corrected chi connectivity index (χ0v) is 19.1. The zero-order valence-electron chi connectivity index (χ0n) is 17.5. The lowest BCUT2D eigenvalue weighted by Gasteiger charge is -2.24. The van der Waals surface area contributed by atoms with E-state index in [1.54, 1.807) is 18.4 Å². The van der Waals surface area contributed by atoms with Gasteiger partial charge in [0.2, 0.25) is 0 Å². The van der Waals surface area contributed by atoms with Crippen molar-refractivity contribution in [1.82, 2.24) is 9.55 Å². The highest BCUT2D eigenvalue weighted by atomic mass is 35.5. The summed E-state index contributed by atoms with van der Waals surface area (Å²) in [5.74, 6) is 0.735. The first-order valence-corrected chi connectivity index (χ1v) is 11.6. The van der Waals surface area contributed by atoms with Gasteiger partial charge in [-0.25, -0.2) is 4.98 Å². The van der Waals surface area contributed by atoms with Crippen LogP contribution in [0.5, 0.6) is 5.75 Å². The van der Waals surface area contributed by atoms with Crippen molar-refractivity contribution < 1.29 is 9.47 Å². The maximum Gasteiger partial charge on any atom is 0.187 e. The fourth-order valence-corrected chi connectivity index (χ4v) is 5.18. The van der Waals surface area contributed by atoms with Crippen LogP contribution in [0.25, 0.3) is 22.2 Å². The lowest BCUT2D eigenvalue weighted by molar-refractivity contribution is -0.0291. The molecule has 7 heteroatoms. The smallest absolute Gasteiger partial charge is 0.187 e. The van der Waals surface area contributed by atoms with E-state index < -0.39 is 0 Å². The Kier molecular flexibility index (Phi) is 5.61. The molecule has 1 aliphatic heterocycles. The maximum absolute atomic E-state index is 6.47. The summed E-state index contributed by atoms with van der Waals surface area (Å²) in [5, 5.41) is 6.12. The van der Waals surface area contributed by atoms with Gasteiger partial charge in [-0.3, -0.25) is 0 Å². The number of nitrogens with one attached hydrogen (secondary N) is 1. The molecule has 1 atom stereocenters. The molecule has 0 amide bonds. The molecule has 1 fully saturated rings. The van der Waals surface area contributed by atoms with Crippen molar-refractivity contribution in [3.8, 4) is 17.0 Å². The van der Waals surface area contributed by atoms with Crippen molar-refractivity contribution >= 4 is 44.7 Å².